The number of aromatic nitrogens is 4. The fourth-order valence-electron chi connectivity index (χ4n) is 2.64. The van der Waals surface area contributed by atoms with Crippen LogP contribution in [-0.4, -0.2) is 19.9 Å². The van der Waals surface area contributed by atoms with Crippen LogP contribution in [0.25, 0.3) is 33.2 Å². The molecule has 0 fully saturated rings. The van der Waals surface area contributed by atoms with Gasteiger partial charge in [0.25, 0.3) is 0 Å². The van der Waals surface area contributed by atoms with Gasteiger partial charge in [-0.25, -0.2) is 15.0 Å². The summed E-state index contributed by atoms with van der Waals surface area (Å²) in [5.74, 6) is 0.0726. The average Bonchev–Trinajstić information content (AvgIpc) is 3.06. The summed E-state index contributed by atoms with van der Waals surface area (Å²) in [6.45, 7) is 0. The number of nitrogen functional groups attached to an aromatic ring is 1. The number of H-pyrrole nitrogens is 1. The first kappa shape index (κ1) is 14.4. The van der Waals surface area contributed by atoms with Gasteiger partial charge in [0.05, 0.1) is 16.8 Å². The Bertz CT molecular complexity index is 1050. The molecule has 0 saturated carbocycles. The van der Waals surface area contributed by atoms with Crippen LogP contribution in [0.15, 0.2) is 42.7 Å². The molecule has 5 nitrogen and oxygen atoms in total. The lowest BCUT2D eigenvalue weighted by Crippen LogP contribution is -2.05. The smallest absolute Gasteiger partial charge is 0.368 e. The van der Waals surface area contributed by atoms with Gasteiger partial charge in [-0.2, -0.15) is 13.2 Å². The fraction of sp³-hybridized carbons (Fsp3) is 0.0625. The van der Waals surface area contributed by atoms with E-state index in [2.05, 4.69) is 19.9 Å². The molecule has 3 N–H and O–H groups in total. The third kappa shape index (κ3) is 2.23. The number of nitrogens with zero attached hydrogens (tertiary/aromatic N) is 3. The highest BCUT2D eigenvalue weighted by atomic mass is 19.4. The van der Waals surface area contributed by atoms with Crippen molar-refractivity contribution in [1.29, 1.82) is 0 Å². The maximum Gasteiger partial charge on any atom is 0.416 e. The number of hydrogen-bond donors (Lipinski definition) is 2. The molecule has 3 heterocycles. The summed E-state index contributed by atoms with van der Waals surface area (Å²) in [7, 11) is 0. The van der Waals surface area contributed by atoms with E-state index in [9.17, 15) is 13.2 Å². The molecular weight excluding hydrogens is 319 g/mol. The number of alkyl halides is 3. The summed E-state index contributed by atoms with van der Waals surface area (Å²) in [6, 6.07) is 6.96. The van der Waals surface area contributed by atoms with Gasteiger partial charge in [0.1, 0.15) is 11.2 Å². The van der Waals surface area contributed by atoms with E-state index in [4.69, 9.17) is 5.73 Å². The van der Waals surface area contributed by atoms with Crippen molar-refractivity contribution in [3.8, 4) is 11.4 Å². The highest BCUT2D eigenvalue weighted by molar-refractivity contribution is 6.08. The van der Waals surface area contributed by atoms with Crippen LogP contribution in [0.4, 0.5) is 19.1 Å². The Balaban J connectivity index is 2.12. The number of aromatic amines is 1. The number of pyridine rings is 1. The normalized spacial score (nSPS) is 12.1. The monoisotopic (exact) mass is 329 g/mol. The summed E-state index contributed by atoms with van der Waals surface area (Å²) < 4.78 is 38.9. The number of hydrogen-bond acceptors (Lipinski definition) is 4. The standard InChI is InChI=1S/C16H10F3N5/c17-16(18,19)8-3-4-9-10-7-22-15(20)24-13(10)14(23-12(9)6-8)11-2-1-5-21-11/h1-7,21H,(H2,20,22,24). The molecule has 24 heavy (non-hydrogen) atoms. The zero-order valence-electron chi connectivity index (χ0n) is 12.1. The van der Waals surface area contributed by atoms with E-state index in [1.807, 2.05) is 0 Å². The molecule has 0 bridgehead atoms. The molecule has 4 rings (SSSR count). The molecule has 1 aromatic carbocycles. The Hall–Kier alpha value is -3.16. The van der Waals surface area contributed by atoms with Crippen LogP contribution in [-0.2, 0) is 6.18 Å². The summed E-state index contributed by atoms with van der Waals surface area (Å²) in [4.78, 5) is 15.5. The van der Waals surface area contributed by atoms with E-state index in [1.165, 1.54) is 12.3 Å². The van der Waals surface area contributed by atoms with Gasteiger partial charge >= 0.3 is 6.18 Å². The quantitative estimate of drug-likeness (QED) is 0.521. The highest BCUT2D eigenvalue weighted by Gasteiger charge is 2.31. The molecule has 0 aliphatic heterocycles. The van der Waals surface area contributed by atoms with Gasteiger partial charge in [0.15, 0.2) is 0 Å². The summed E-state index contributed by atoms with van der Waals surface area (Å²) in [5, 5.41) is 1.13. The van der Waals surface area contributed by atoms with Crippen molar-refractivity contribution in [1.82, 2.24) is 19.9 Å². The summed E-state index contributed by atoms with van der Waals surface area (Å²) in [5.41, 5.74) is 6.67. The van der Waals surface area contributed by atoms with Crippen molar-refractivity contribution in [2.45, 2.75) is 6.18 Å². The van der Waals surface area contributed by atoms with Crippen molar-refractivity contribution in [3.63, 3.8) is 0 Å². The Labute approximate surface area is 133 Å². The van der Waals surface area contributed by atoms with E-state index in [1.54, 1.807) is 18.3 Å². The zero-order valence-corrected chi connectivity index (χ0v) is 12.1. The van der Waals surface area contributed by atoms with Crippen LogP contribution in [0.3, 0.4) is 0 Å². The second-order valence-corrected chi connectivity index (χ2v) is 5.26. The number of nitrogens with two attached hydrogens (primary N) is 1. The van der Waals surface area contributed by atoms with E-state index >= 15 is 0 Å². The van der Waals surface area contributed by atoms with E-state index in [-0.39, 0.29) is 11.5 Å². The summed E-state index contributed by atoms with van der Waals surface area (Å²) in [6.07, 6.45) is -1.24. The topological polar surface area (TPSA) is 80.5 Å². The molecule has 0 amide bonds. The van der Waals surface area contributed by atoms with Gasteiger partial charge in [0, 0.05) is 23.2 Å². The third-order valence-electron chi connectivity index (χ3n) is 3.73. The van der Waals surface area contributed by atoms with Crippen molar-refractivity contribution < 1.29 is 13.2 Å². The van der Waals surface area contributed by atoms with Gasteiger partial charge in [-0.3, -0.25) is 0 Å². The molecule has 0 atom stereocenters. The predicted molar refractivity (Wildman–Crippen MR) is 84.0 cm³/mol. The Kier molecular flexibility index (Phi) is 2.96. The number of benzene rings is 1. The van der Waals surface area contributed by atoms with Crippen molar-refractivity contribution >= 4 is 27.8 Å². The van der Waals surface area contributed by atoms with Gasteiger partial charge in [0.2, 0.25) is 5.95 Å². The number of anilines is 1. The Morgan fingerprint density at radius 3 is 2.58 bits per heavy atom. The lowest BCUT2D eigenvalue weighted by Gasteiger charge is -2.11. The summed E-state index contributed by atoms with van der Waals surface area (Å²) >= 11 is 0. The molecule has 8 heteroatoms. The predicted octanol–water partition coefficient (Wildman–Crippen LogP) is 3.77. The molecule has 4 aromatic rings. The number of nitrogens with one attached hydrogen (secondary N) is 1. The van der Waals surface area contributed by atoms with Crippen LogP contribution in [0.5, 0.6) is 0 Å². The Morgan fingerprint density at radius 2 is 1.88 bits per heavy atom. The number of rotatable bonds is 1. The molecule has 0 aliphatic carbocycles. The molecule has 0 unspecified atom stereocenters. The van der Waals surface area contributed by atoms with E-state index < -0.39 is 11.7 Å². The van der Waals surface area contributed by atoms with Crippen molar-refractivity contribution in [3.05, 3.63) is 48.3 Å². The third-order valence-corrected chi connectivity index (χ3v) is 3.73. The molecule has 120 valence electrons. The average molecular weight is 329 g/mol. The van der Waals surface area contributed by atoms with Crippen LogP contribution in [0, 0.1) is 0 Å². The zero-order chi connectivity index (χ0) is 16.9. The first-order valence-electron chi connectivity index (χ1n) is 7.00. The van der Waals surface area contributed by atoms with Gasteiger partial charge in [-0.15, -0.1) is 0 Å². The lowest BCUT2D eigenvalue weighted by molar-refractivity contribution is -0.137. The van der Waals surface area contributed by atoms with Crippen LogP contribution < -0.4 is 5.73 Å². The lowest BCUT2D eigenvalue weighted by atomic mass is 10.1. The first-order valence-corrected chi connectivity index (χ1v) is 7.00. The number of fused-ring (bicyclic) bond motifs is 3. The molecule has 0 aliphatic rings. The molecule has 0 spiro atoms. The van der Waals surface area contributed by atoms with Gasteiger partial charge < -0.3 is 10.7 Å². The minimum Gasteiger partial charge on any atom is -0.368 e. The van der Waals surface area contributed by atoms with E-state index in [0.29, 0.717) is 27.7 Å². The maximum absolute atomic E-state index is 13.0. The minimum absolute atomic E-state index is 0.0726. The fourth-order valence-corrected chi connectivity index (χ4v) is 2.64. The number of halogens is 3. The Morgan fingerprint density at radius 1 is 1.04 bits per heavy atom. The SMILES string of the molecule is Nc1ncc2c(n1)c(-c1ccc[nH]1)nc1cc(C(F)(F)F)ccc12. The van der Waals surface area contributed by atoms with Crippen LogP contribution in [0.2, 0.25) is 0 Å². The second kappa shape index (κ2) is 4.92. The van der Waals surface area contributed by atoms with Gasteiger partial charge in [-0.05, 0) is 24.3 Å². The van der Waals surface area contributed by atoms with Gasteiger partial charge in [-0.1, -0.05) is 6.07 Å². The molecule has 3 aromatic heterocycles. The van der Waals surface area contributed by atoms with Crippen molar-refractivity contribution in [2.75, 3.05) is 5.73 Å². The second-order valence-electron chi connectivity index (χ2n) is 5.26. The molecule has 0 radical (unpaired) electrons. The molecule has 0 saturated heterocycles. The minimum atomic E-state index is -4.44. The van der Waals surface area contributed by atoms with E-state index in [0.717, 1.165) is 12.1 Å². The molecular formula is C16H10F3N5. The van der Waals surface area contributed by atoms with Crippen molar-refractivity contribution in [2.24, 2.45) is 0 Å². The van der Waals surface area contributed by atoms with Crippen LogP contribution in [0.1, 0.15) is 5.56 Å². The highest BCUT2D eigenvalue weighted by Crippen LogP contribution is 2.35. The van der Waals surface area contributed by atoms with Crippen LogP contribution >= 0.6 is 0 Å². The first-order chi connectivity index (χ1) is 11.4. The maximum atomic E-state index is 13.0. The largest absolute Gasteiger partial charge is 0.416 e.